The lowest BCUT2D eigenvalue weighted by Gasteiger charge is -2.17. The van der Waals surface area contributed by atoms with Gasteiger partial charge in [-0.05, 0) is 65.3 Å². The minimum absolute atomic E-state index is 0.0198. The molecule has 0 radical (unpaired) electrons. The third kappa shape index (κ3) is 3.61. The van der Waals surface area contributed by atoms with Crippen LogP contribution in [-0.4, -0.2) is 19.0 Å². The minimum Gasteiger partial charge on any atom is -0.372 e. The molecule has 0 unspecified atom stereocenters. The Morgan fingerprint density at radius 3 is 2.41 bits per heavy atom. The molecule has 0 spiro atoms. The van der Waals surface area contributed by atoms with Gasteiger partial charge >= 0.3 is 0 Å². The number of rotatable bonds is 4. The van der Waals surface area contributed by atoms with Crippen LogP contribution in [0.25, 0.3) is 0 Å². The molecule has 1 fully saturated rings. The Bertz CT molecular complexity index is 648. The zero-order chi connectivity index (χ0) is 15.4. The highest BCUT2D eigenvalue weighted by molar-refractivity contribution is 14.1. The maximum atomic E-state index is 12.2. The van der Waals surface area contributed by atoms with E-state index in [4.69, 9.17) is 0 Å². The molecule has 0 saturated carbocycles. The molecule has 0 atom stereocenters. The Morgan fingerprint density at radius 1 is 1.05 bits per heavy atom. The van der Waals surface area contributed by atoms with Crippen LogP contribution in [0, 0.1) is 3.57 Å². The van der Waals surface area contributed by atoms with E-state index in [9.17, 15) is 4.79 Å². The first-order chi connectivity index (χ1) is 10.7. The van der Waals surface area contributed by atoms with Crippen molar-refractivity contribution in [2.45, 2.75) is 19.4 Å². The van der Waals surface area contributed by atoms with Crippen LogP contribution in [0.15, 0.2) is 48.5 Å². The summed E-state index contributed by atoms with van der Waals surface area (Å²) in [5.41, 5.74) is 3.14. The van der Waals surface area contributed by atoms with Crippen LogP contribution >= 0.6 is 22.6 Å². The molecule has 22 heavy (non-hydrogen) atoms. The van der Waals surface area contributed by atoms with Gasteiger partial charge in [-0.3, -0.25) is 4.79 Å². The predicted molar refractivity (Wildman–Crippen MR) is 98.2 cm³/mol. The Labute approximate surface area is 144 Å². The number of anilines is 1. The van der Waals surface area contributed by atoms with Crippen molar-refractivity contribution in [3.8, 4) is 0 Å². The quantitative estimate of drug-likeness (QED) is 0.784. The highest BCUT2D eigenvalue weighted by atomic mass is 127. The molecule has 0 bridgehead atoms. The Morgan fingerprint density at radius 2 is 1.73 bits per heavy atom. The fraction of sp³-hybridized carbons (Fsp3) is 0.278. The third-order valence-corrected chi connectivity index (χ3v) is 4.92. The first-order valence-electron chi connectivity index (χ1n) is 7.60. The van der Waals surface area contributed by atoms with Crippen LogP contribution in [0.2, 0.25) is 0 Å². The summed E-state index contributed by atoms with van der Waals surface area (Å²) in [6, 6.07) is 16.1. The summed E-state index contributed by atoms with van der Waals surface area (Å²) >= 11 is 2.19. The molecule has 2 aromatic rings. The van der Waals surface area contributed by atoms with Crippen LogP contribution < -0.4 is 10.2 Å². The number of nitrogens with zero attached hydrogens (tertiary/aromatic N) is 1. The van der Waals surface area contributed by atoms with E-state index in [0.717, 1.165) is 27.8 Å². The number of carbonyl (C=O) groups is 1. The number of hydrogen-bond donors (Lipinski definition) is 1. The molecule has 1 aliphatic heterocycles. The molecule has 4 heteroatoms. The van der Waals surface area contributed by atoms with E-state index in [0.29, 0.717) is 6.54 Å². The zero-order valence-electron chi connectivity index (χ0n) is 12.4. The lowest BCUT2D eigenvalue weighted by molar-refractivity contribution is 0.0950. The number of amides is 1. The van der Waals surface area contributed by atoms with E-state index in [-0.39, 0.29) is 5.91 Å². The molecular formula is C18H19IN2O. The van der Waals surface area contributed by atoms with E-state index >= 15 is 0 Å². The smallest absolute Gasteiger partial charge is 0.252 e. The first-order valence-corrected chi connectivity index (χ1v) is 8.68. The number of carbonyl (C=O) groups excluding carboxylic acids is 1. The van der Waals surface area contributed by atoms with Crippen molar-refractivity contribution in [2.75, 3.05) is 18.0 Å². The van der Waals surface area contributed by atoms with Gasteiger partial charge in [0.15, 0.2) is 0 Å². The zero-order valence-corrected chi connectivity index (χ0v) is 14.5. The van der Waals surface area contributed by atoms with Gasteiger partial charge in [-0.1, -0.05) is 24.3 Å². The summed E-state index contributed by atoms with van der Waals surface area (Å²) < 4.78 is 0.974. The van der Waals surface area contributed by atoms with Crippen molar-refractivity contribution < 1.29 is 4.79 Å². The molecule has 0 aliphatic carbocycles. The van der Waals surface area contributed by atoms with Gasteiger partial charge < -0.3 is 10.2 Å². The molecule has 2 aromatic carbocycles. The van der Waals surface area contributed by atoms with Gasteiger partial charge in [0.2, 0.25) is 0 Å². The van der Waals surface area contributed by atoms with Gasteiger partial charge in [0.25, 0.3) is 5.91 Å². The molecule has 1 aliphatic rings. The van der Waals surface area contributed by atoms with Crippen LogP contribution in [0.1, 0.15) is 28.8 Å². The number of nitrogens with one attached hydrogen (secondary N) is 1. The fourth-order valence-electron chi connectivity index (χ4n) is 2.72. The van der Waals surface area contributed by atoms with Crippen molar-refractivity contribution in [3.63, 3.8) is 0 Å². The Balaban J connectivity index is 1.59. The minimum atomic E-state index is -0.0198. The van der Waals surface area contributed by atoms with Crippen LogP contribution in [0.4, 0.5) is 5.69 Å². The van der Waals surface area contributed by atoms with E-state index in [1.807, 2.05) is 24.3 Å². The Hall–Kier alpha value is -1.56. The molecule has 1 N–H and O–H groups in total. The van der Waals surface area contributed by atoms with E-state index in [1.54, 1.807) is 0 Å². The van der Waals surface area contributed by atoms with Crippen molar-refractivity contribution in [1.82, 2.24) is 5.32 Å². The van der Waals surface area contributed by atoms with Gasteiger partial charge in [-0.25, -0.2) is 0 Å². The number of benzene rings is 2. The topological polar surface area (TPSA) is 32.3 Å². The molecule has 114 valence electrons. The standard InChI is InChI=1S/C18H19IN2O/c19-17-6-2-1-5-16(17)18(22)20-13-14-7-9-15(10-8-14)21-11-3-4-12-21/h1-2,5-10H,3-4,11-13H2,(H,20,22). The Kier molecular flexibility index (Phi) is 4.97. The lowest BCUT2D eigenvalue weighted by atomic mass is 10.1. The maximum Gasteiger partial charge on any atom is 0.252 e. The normalized spacial score (nSPS) is 14.1. The summed E-state index contributed by atoms with van der Waals surface area (Å²) in [6.45, 7) is 2.87. The highest BCUT2D eigenvalue weighted by Crippen LogP contribution is 2.20. The highest BCUT2D eigenvalue weighted by Gasteiger charge is 2.12. The van der Waals surface area contributed by atoms with E-state index in [2.05, 4.69) is 57.1 Å². The third-order valence-electron chi connectivity index (χ3n) is 3.98. The summed E-state index contributed by atoms with van der Waals surface area (Å²) in [6.07, 6.45) is 2.57. The average molecular weight is 406 g/mol. The fourth-order valence-corrected chi connectivity index (χ4v) is 3.36. The van der Waals surface area contributed by atoms with Crippen LogP contribution in [0.5, 0.6) is 0 Å². The predicted octanol–water partition coefficient (Wildman–Crippen LogP) is 3.82. The van der Waals surface area contributed by atoms with Crippen molar-refractivity contribution in [1.29, 1.82) is 0 Å². The number of halogens is 1. The van der Waals surface area contributed by atoms with Gasteiger partial charge in [-0.2, -0.15) is 0 Å². The molecule has 1 saturated heterocycles. The SMILES string of the molecule is O=C(NCc1ccc(N2CCCC2)cc1)c1ccccc1I. The molecule has 1 amide bonds. The molecule has 0 aromatic heterocycles. The molecule has 1 heterocycles. The second-order valence-electron chi connectivity index (χ2n) is 5.52. The average Bonchev–Trinajstić information content (AvgIpc) is 3.08. The summed E-state index contributed by atoms with van der Waals surface area (Å²) in [4.78, 5) is 14.6. The summed E-state index contributed by atoms with van der Waals surface area (Å²) in [5.74, 6) is -0.0198. The summed E-state index contributed by atoms with van der Waals surface area (Å²) in [7, 11) is 0. The van der Waals surface area contributed by atoms with Crippen molar-refractivity contribution in [2.24, 2.45) is 0 Å². The number of hydrogen-bond acceptors (Lipinski definition) is 2. The van der Waals surface area contributed by atoms with Gasteiger partial charge in [0.05, 0.1) is 5.56 Å². The summed E-state index contributed by atoms with van der Waals surface area (Å²) in [5, 5.41) is 2.99. The second-order valence-corrected chi connectivity index (χ2v) is 6.69. The molecule has 3 nitrogen and oxygen atoms in total. The van der Waals surface area contributed by atoms with Gasteiger partial charge in [-0.15, -0.1) is 0 Å². The van der Waals surface area contributed by atoms with E-state index in [1.165, 1.54) is 18.5 Å². The van der Waals surface area contributed by atoms with Gasteiger partial charge in [0.1, 0.15) is 0 Å². The van der Waals surface area contributed by atoms with Crippen LogP contribution in [-0.2, 0) is 6.54 Å². The van der Waals surface area contributed by atoms with E-state index < -0.39 is 0 Å². The maximum absolute atomic E-state index is 12.2. The largest absolute Gasteiger partial charge is 0.372 e. The lowest BCUT2D eigenvalue weighted by Crippen LogP contribution is -2.23. The second kappa shape index (κ2) is 7.13. The van der Waals surface area contributed by atoms with Gasteiger partial charge in [0, 0.05) is 28.9 Å². The van der Waals surface area contributed by atoms with Crippen LogP contribution in [0.3, 0.4) is 0 Å². The molecule has 3 rings (SSSR count). The van der Waals surface area contributed by atoms with Crippen molar-refractivity contribution >= 4 is 34.2 Å². The monoisotopic (exact) mass is 406 g/mol. The first kappa shape index (κ1) is 15.3. The van der Waals surface area contributed by atoms with Crippen molar-refractivity contribution in [3.05, 3.63) is 63.2 Å². The molecular weight excluding hydrogens is 387 g/mol.